The van der Waals surface area contributed by atoms with Crippen molar-refractivity contribution in [1.29, 1.82) is 0 Å². The highest BCUT2D eigenvalue weighted by molar-refractivity contribution is 9.10. The summed E-state index contributed by atoms with van der Waals surface area (Å²) in [5, 5.41) is 2.88. The Morgan fingerprint density at radius 1 is 1.13 bits per heavy atom. The van der Waals surface area contributed by atoms with E-state index in [1.165, 1.54) is 11.8 Å². The number of rotatable bonds is 4. The number of ether oxygens (including phenoxy) is 2. The molecule has 23 heavy (non-hydrogen) atoms. The zero-order valence-electron chi connectivity index (χ0n) is 12.4. The largest absolute Gasteiger partial charge is 0.490 e. The van der Waals surface area contributed by atoms with E-state index in [4.69, 9.17) is 9.47 Å². The number of carbonyl (C=O) groups is 1. The Balaban J connectivity index is 1.57. The number of hydrogen-bond donors (Lipinski definition) is 1. The van der Waals surface area contributed by atoms with E-state index >= 15 is 0 Å². The fraction of sp³-hybridized carbons (Fsp3) is 0.235. The van der Waals surface area contributed by atoms with E-state index in [1.807, 2.05) is 42.5 Å². The Kier molecular flexibility index (Phi) is 5.46. The first-order valence-electron chi connectivity index (χ1n) is 7.28. The summed E-state index contributed by atoms with van der Waals surface area (Å²) < 4.78 is 12.2. The van der Waals surface area contributed by atoms with Crippen molar-refractivity contribution in [1.82, 2.24) is 0 Å². The quantitative estimate of drug-likeness (QED) is 0.784. The number of thioether (sulfide) groups is 1. The maximum absolute atomic E-state index is 12.0. The van der Waals surface area contributed by atoms with Gasteiger partial charge in [0, 0.05) is 21.5 Å². The van der Waals surface area contributed by atoms with Gasteiger partial charge in [-0.2, -0.15) is 0 Å². The minimum Gasteiger partial charge on any atom is -0.490 e. The van der Waals surface area contributed by atoms with Crippen molar-refractivity contribution >= 4 is 39.3 Å². The molecule has 4 nitrogen and oxygen atoms in total. The van der Waals surface area contributed by atoms with Gasteiger partial charge in [0.15, 0.2) is 11.5 Å². The van der Waals surface area contributed by atoms with E-state index < -0.39 is 0 Å². The average molecular weight is 394 g/mol. The predicted octanol–water partition coefficient (Wildman–Crippen LogP) is 4.34. The number of amides is 1. The second-order valence-electron chi connectivity index (χ2n) is 5.01. The molecule has 3 rings (SSSR count). The third-order valence-electron chi connectivity index (χ3n) is 3.20. The predicted molar refractivity (Wildman–Crippen MR) is 95.5 cm³/mol. The van der Waals surface area contributed by atoms with Crippen LogP contribution in [0.4, 0.5) is 5.69 Å². The fourth-order valence-corrected chi connectivity index (χ4v) is 3.27. The second kappa shape index (κ2) is 7.75. The van der Waals surface area contributed by atoms with Crippen molar-refractivity contribution in [3.8, 4) is 11.5 Å². The average Bonchev–Trinajstić information content (AvgIpc) is 2.77. The third kappa shape index (κ3) is 4.65. The smallest absolute Gasteiger partial charge is 0.234 e. The Hall–Kier alpha value is -1.66. The third-order valence-corrected chi connectivity index (χ3v) is 4.68. The molecule has 0 radical (unpaired) electrons. The highest BCUT2D eigenvalue weighted by atomic mass is 79.9. The van der Waals surface area contributed by atoms with Crippen molar-refractivity contribution in [3.63, 3.8) is 0 Å². The van der Waals surface area contributed by atoms with E-state index in [-0.39, 0.29) is 5.91 Å². The van der Waals surface area contributed by atoms with Gasteiger partial charge in [-0.1, -0.05) is 22.0 Å². The molecular formula is C17H16BrNO3S. The van der Waals surface area contributed by atoms with Gasteiger partial charge in [-0.05, 0) is 36.4 Å². The number of hydrogen-bond acceptors (Lipinski definition) is 4. The molecule has 0 saturated heterocycles. The first-order chi connectivity index (χ1) is 11.2. The molecule has 1 aliphatic rings. The SMILES string of the molecule is O=C(CSc1ccc2c(c1)OCCCO2)Nc1cccc(Br)c1. The van der Waals surface area contributed by atoms with Gasteiger partial charge >= 0.3 is 0 Å². The Morgan fingerprint density at radius 2 is 1.96 bits per heavy atom. The monoisotopic (exact) mass is 393 g/mol. The van der Waals surface area contributed by atoms with Gasteiger partial charge in [-0.15, -0.1) is 11.8 Å². The molecule has 120 valence electrons. The molecule has 6 heteroatoms. The normalized spacial score (nSPS) is 13.3. The van der Waals surface area contributed by atoms with Crippen molar-refractivity contribution in [2.45, 2.75) is 11.3 Å². The van der Waals surface area contributed by atoms with E-state index in [0.717, 1.165) is 33.0 Å². The number of halogens is 1. The molecule has 0 atom stereocenters. The summed E-state index contributed by atoms with van der Waals surface area (Å²) >= 11 is 4.86. The molecule has 2 aromatic carbocycles. The molecule has 0 unspecified atom stereocenters. The van der Waals surface area contributed by atoms with E-state index in [1.54, 1.807) is 0 Å². The number of benzene rings is 2. The Bertz CT molecular complexity index is 708. The maximum Gasteiger partial charge on any atom is 0.234 e. The zero-order valence-corrected chi connectivity index (χ0v) is 14.8. The molecule has 0 aliphatic carbocycles. The summed E-state index contributed by atoms with van der Waals surface area (Å²) in [5.74, 6) is 1.82. The fourth-order valence-electron chi connectivity index (χ4n) is 2.15. The highest BCUT2D eigenvalue weighted by Gasteiger charge is 2.11. The van der Waals surface area contributed by atoms with Gasteiger partial charge in [-0.25, -0.2) is 0 Å². The maximum atomic E-state index is 12.0. The van der Waals surface area contributed by atoms with Crippen LogP contribution in [0.25, 0.3) is 0 Å². The van der Waals surface area contributed by atoms with Crippen LogP contribution < -0.4 is 14.8 Å². The van der Waals surface area contributed by atoms with Gasteiger partial charge < -0.3 is 14.8 Å². The van der Waals surface area contributed by atoms with Gasteiger partial charge in [0.1, 0.15) is 0 Å². The van der Waals surface area contributed by atoms with Crippen LogP contribution in [0, 0.1) is 0 Å². The van der Waals surface area contributed by atoms with Crippen LogP contribution in [0.5, 0.6) is 11.5 Å². The molecule has 0 aromatic heterocycles. The van der Waals surface area contributed by atoms with Gasteiger partial charge in [0.25, 0.3) is 0 Å². The Morgan fingerprint density at radius 3 is 2.78 bits per heavy atom. The van der Waals surface area contributed by atoms with Gasteiger partial charge in [0.2, 0.25) is 5.91 Å². The molecule has 1 heterocycles. The van der Waals surface area contributed by atoms with Crippen LogP contribution in [0.3, 0.4) is 0 Å². The minimum absolute atomic E-state index is 0.0415. The van der Waals surface area contributed by atoms with Crippen molar-refractivity contribution < 1.29 is 14.3 Å². The van der Waals surface area contributed by atoms with Crippen LogP contribution >= 0.6 is 27.7 Å². The van der Waals surface area contributed by atoms with E-state index in [0.29, 0.717) is 19.0 Å². The Labute approximate surface area is 147 Å². The van der Waals surface area contributed by atoms with Crippen LogP contribution in [-0.2, 0) is 4.79 Å². The molecule has 1 N–H and O–H groups in total. The summed E-state index contributed by atoms with van der Waals surface area (Å²) in [6.45, 7) is 1.33. The first-order valence-corrected chi connectivity index (χ1v) is 9.06. The standard InChI is InChI=1S/C17H16BrNO3S/c18-12-3-1-4-13(9-12)19-17(20)11-23-14-5-6-15-16(10-14)22-8-2-7-21-15/h1,3-6,9-10H,2,7-8,11H2,(H,19,20). The lowest BCUT2D eigenvalue weighted by atomic mass is 10.3. The molecular weight excluding hydrogens is 378 g/mol. The first kappa shape index (κ1) is 16.2. The second-order valence-corrected chi connectivity index (χ2v) is 6.97. The lowest BCUT2D eigenvalue weighted by Crippen LogP contribution is -2.13. The van der Waals surface area contributed by atoms with Crippen molar-refractivity contribution in [2.75, 3.05) is 24.3 Å². The van der Waals surface area contributed by atoms with Crippen LogP contribution in [-0.4, -0.2) is 24.9 Å². The van der Waals surface area contributed by atoms with E-state index in [9.17, 15) is 4.79 Å². The van der Waals surface area contributed by atoms with Crippen LogP contribution in [0.1, 0.15) is 6.42 Å². The molecule has 2 aromatic rings. The van der Waals surface area contributed by atoms with E-state index in [2.05, 4.69) is 21.2 Å². The lowest BCUT2D eigenvalue weighted by Gasteiger charge is -2.09. The molecule has 0 saturated carbocycles. The van der Waals surface area contributed by atoms with Crippen molar-refractivity contribution in [3.05, 3.63) is 46.9 Å². The number of nitrogens with one attached hydrogen (secondary N) is 1. The molecule has 0 spiro atoms. The number of fused-ring (bicyclic) bond motifs is 1. The number of anilines is 1. The van der Waals surface area contributed by atoms with Crippen LogP contribution in [0.15, 0.2) is 51.8 Å². The van der Waals surface area contributed by atoms with Gasteiger partial charge in [-0.3, -0.25) is 4.79 Å². The highest BCUT2D eigenvalue weighted by Crippen LogP contribution is 2.33. The summed E-state index contributed by atoms with van der Waals surface area (Å²) in [6, 6.07) is 13.3. The van der Waals surface area contributed by atoms with Crippen LogP contribution in [0.2, 0.25) is 0 Å². The lowest BCUT2D eigenvalue weighted by molar-refractivity contribution is -0.113. The molecule has 1 aliphatic heterocycles. The topological polar surface area (TPSA) is 47.6 Å². The summed E-state index contributed by atoms with van der Waals surface area (Å²) in [7, 11) is 0. The number of carbonyl (C=O) groups excluding carboxylic acids is 1. The van der Waals surface area contributed by atoms with Gasteiger partial charge in [0.05, 0.1) is 19.0 Å². The molecule has 0 fully saturated rings. The summed E-state index contributed by atoms with van der Waals surface area (Å²) in [5.41, 5.74) is 0.781. The zero-order chi connectivity index (χ0) is 16.1. The minimum atomic E-state index is -0.0415. The molecule has 1 amide bonds. The summed E-state index contributed by atoms with van der Waals surface area (Å²) in [4.78, 5) is 13.0. The molecule has 0 bridgehead atoms. The van der Waals surface area contributed by atoms with Crippen molar-refractivity contribution in [2.24, 2.45) is 0 Å². The summed E-state index contributed by atoms with van der Waals surface area (Å²) in [6.07, 6.45) is 0.881.